The van der Waals surface area contributed by atoms with Crippen molar-refractivity contribution in [1.29, 1.82) is 0 Å². The SMILES string of the molecule is CNC(=O)N1CCCCC1c1nc(CCOCC2CCOCC2)no1. The lowest BCUT2D eigenvalue weighted by molar-refractivity contribution is 0.0211. The van der Waals surface area contributed by atoms with Gasteiger partial charge >= 0.3 is 6.03 Å². The predicted octanol–water partition coefficient (Wildman–Crippen LogP) is 1.92. The van der Waals surface area contributed by atoms with Crippen LogP contribution >= 0.6 is 0 Å². The summed E-state index contributed by atoms with van der Waals surface area (Å²) < 4.78 is 16.5. The van der Waals surface area contributed by atoms with Crippen molar-refractivity contribution < 1.29 is 18.8 Å². The number of nitrogens with zero attached hydrogens (tertiary/aromatic N) is 3. The van der Waals surface area contributed by atoms with Gasteiger partial charge in [-0.2, -0.15) is 4.98 Å². The number of urea groups is 1. The predicted molar refractivity (Wildman–Crippen MR) is 90.1 cm³/mol. The highest BCUT2D eigenvalue weighted by Crippen LogP contribution is 2.29. The number of hydrogen-bond donors (Lipinski definition) is 1. The second kappa shape index (κ2) is 9.15. The number of aromatic nitrogens is 2. The van der Waals surface area contributed by atoms with Crippen molar-refractivity contribution in [3.8, 4) is 0 Å². The Morgan fingerprint density at radius 2 is 2.16 bits per heavy atom. The van der Waals surface area contributed by atoms with Crippen molar-refractivity contribution in [3.05, 3.63) is 11.7 Å². The minimum absolute atomic E-state index is 0.0933. The Bertz CT molecular complexity index is 545. The molecule has 2 aliphatic heterocycles. The van der Waals surface area contributed by atoms with E-state index in [-0.39, 0.29) is 12.1 Å². The van der Waals surface area contributed by atoms with Crippen molar-refractivity contribution in [3.63, 3.8) is 0 Å². The fourth-order valence-electron chi connectivity index (χ4n) is 3.41. The summed E-state index contributed by atoms with van der Waals surface area (Å²) in [7, 11) is 1.64. The van der Waals surface area contributed by atoms with Gasteiger partial charge in [0.2, 0.25) is 5.89 Å². The minimum atomic E-state index is -0.127. The summed E-state index contributed by atoms with van der Waals surface area (Å²) in [5.74, 6) is 1.77. The van der Waals surface area contributed by atoms with Gasteiger partial charge in [0.15, 0.2) is 5.82 Å². The number of hydrogen-bond acceptors (Lipinski definition) is 6. The zero-order chi connectivity index (χ0) is 17.5. The van der Waals surface area contributed by atoms with Crippen LogP contribution in [0.5, 0.6) is 0 Å². The highest BCUT2D eigenvalue weighted by Gasteiger charge is 2.31. The molecule has 1 unspecified atom stereocenters. The molecule has 140 valence electrons. The van der Waals surface area contributed by atoms with E-state index in [4.69, 9.17) is 14.0 Å². The maximum Gasteiger partial charge on any atom is 0.317 e. The molecule has 0 aromatic carbocycles. The molecule has 1 aromatic heterocycles. The van der Waals surface area contributed by atoms with Crippen LogP contribution in [0.4, 0.5) is 4.79 Å². The molecular weight excluding hydrogens is 324 g/mol. The van der Waals surface area contributed by atoms with Gasteiger partial charge in [-0.25, -0.2) is 4.79 Å². The van der Waals surface area contributed by atoms with Crippen LogP contribution in [0.2, 0.25) is 0 Å². The smallest absolute Gasteiger partial charge is 0.317 e. The maximum atomic E-state index is 12.0. The van der Waals surface area contributed by atoms with Crippen molar-refractivity contribution in [2.75, 3.05) is 40.0 Å². The molecule has 0 spiro atoms. The highest BCUT2D eigenvalue weighted by molar-refractivity contribution is 5.74. The lowest BCUT2D eigenvalue weighted by Crippen LogP contribution is -2.43. The molecule has 8 nitrogen and oxygen atoms in total. The summed E-state index contributed by atoms with van der Waals surface area (Å²) in [5.41, 5.74) is 0. The first-order valence-corrected chi connectivity index (χ1v) is 9.24. The summed E-state index contributed by atoms with van der Waals surface area (Å²) in [6, 6.07) is -0.220. The molecule has 8 heteroatoms. The van der Waals surface area contributed by atoms with Gasteiger partial charge < -0.3 is 24.2 Å². The van der Waals surface area contributed by atoms with E-state index in [1.54, 1.807) is 11.9 Å². The highest BCUT2D eigenvalue weighted by atomic mass is 16.5. The first-order chi connectivity index (χ1) is 12.3. The van der Waals surface area contributed by atoms with Gasteiger partial charge in [0, 0.05) is 39.8 Å². The summed E-state index contributed by atoms with van der Waals surface area (Å²) in [4.78, 5) is 18.3. The van der Waals surface area contributed by atoms with E-state index in [1.807, 2.05) is 0 Å². The van der Waals surface area contributed by atoms with Crippen LogP contribution in [0.15, 0.2) is 4.52 Å². The Morgan fingerprint density at radius 1 is 1.32 bits per heavy atom. The molecule has 2 saturated heterocycles. The van der Waals surface area contributed by atoms with E-state index in [0.29, 0.717) is 30.7 Å². The Kier molecular flexibility index (Phi) is 6.63. The van der Waals surface area contributed by atoms with E-state index >= 15 is 0 Å². The molecule has 2 fully saturated rings. The normalized spacial score (nSPS) is 22.1. The van der Waals surface area contributed by atoms with E-state index in [9.17, 15) is 4.79 Å². The van der Waals surface area contributed by atoms with Crippen LogP contribution in [-0.4, -0.2) is 61.1 Å². The van der Waals surface area contributed by atoms with E-state index in [2.05, 4.69) is 15.5 Å². The molecule has 3 heterocycles. The molecule has 0 saturated carbocycles. The molecule has 0 aliphatic carbocycles. The summed E-state index contributed by atoms with van der Waals surface area (Å²) in [5, 5.41) is 6.73. The molecule has 25 heavy (non-hydrogen) atoms. The molecule has 1 N–H and O–H groups in total. The van der Waals surface area contributed by atoms with Crippen LogP contribution in [0.1, 0.15) is 49.9 Å². The van der Waals surface area contributed by atoms with Crippen LogP contribution in [0.25, 0.3) is 0 Å². The fraction of sp³-hybridized carbons (Fsp3) is 0.824. The van der Waals surface area contributed by atoms with Gasteiger partial charge in [0.05, 0.1) is 6.61 Å². The monoisotopic (exact) mass is 352 g/mol. The first kappa shape index (κ1) is 18.1. The Hall–Kier alpha value is -1.67. The van der Waals surface area contributed by atoms with Crippen molar-refractivity contribution in [1.82, 2.24) is 20.4 Å². The van der Waals surface area contributed by atoms with Crippen LogP contribution in [0.3, 0.4) is 0 Å². The summed E-state index contributed by atoms with van der Waals surface area (Å²) in [6.45, 7) is 3.74. The molecule has 1 aromatic rings. The lowest BCUT2D eigenvalue weighted by Gasteiger charge is -2.32. The first-order valence-electron chi connectivity index (χ1n) is 9.24. The molecule has 3 rings (SSSR count). The zero-order valence-corrected chi connectivity index (χ0v) is 14.9. The van der Waals surface area contributed by atoms with Gasteiger partial charge in [0.25, 0.3) is 0 Å². The second-order valence-electron chi connectivity index (χ2n) is 6.69. The number of nitrogens with one attached hydrogen (secondary N) is 1. The zero-order valence-electron chi connectivity index (χ0n) is 14.9. The third kappa shape index (κ3) is 4.92. The van der Waals surface area contributed by atoms with Gasteiger partial charge in [-0.1, -0.05) is 5.16 Å². The van der Waals surface area contributed by atoms with Crippen LogP contribution in [0, 0.1) is 5.92 Å². The topological polar surface area (TPSA) is 89.7 Å². The van der Waals surface area contributed by atoms with Crippen LogP contribution in [-0.2, 0) is 15.9 Å². The Morgan fingerprint density at radius 3 is 2.96 bits per heavy atom. The molecule has 0 radical (unpaired) electrons. The van der Waals surface area contributed by atoms with E-state index in [0.717, 1.165) is 58.5 Å². The third-order valence-corrected chi connectivity index (χ3v) is 4.91. The molecular formula is C17H28N4O4. The number of ether oxygens (including phenoxy) is 2. The summed E-state index contributed by atoms with van der Waals surface area (Å²) >= 11 is 0. The third-order valence-electron chi connectivity index (χ3n) is 4.91. The molecule has 0 bridgehead atoms. The second-order valence-corrected chi connectivity index (χ2v) is 6.69. The van der Waals surface area contributed by atoms with Gasteiger partial charge in [-0.15, -0.1) is 0 Å². The fourth-order valence-corrected chi connectivity index (χ4v) is 3.41. The number of rotatable bonds is 6. The maximum absolute atomic E-state index is 12.0. The standard InChI is InChI=1S/C17H28N4O4/c1-18-17(22)21-8-3-2-4-14(21)16-19-15(20-25-16)7-11-24-12-13-5-9-23-10-6-13/h13-14H,2-12H2,1H3,(H,18,22). The van der Waals surface area contributed by atoms with Gasteiger partial charge in [-0.05, 0) is 38.0 Å². The van der Waals surface area contributed by atoms with Gasteiger partial charge in [0.1, 0.15) is 6.04 Å². The molecule has 1 atom stereocenters. The average molecular weight is 352 g/mol. The quantitative estimate of drug-likeness (QED) is 0.787. The Labute approximate surface area is 148 Å². The molecule has 2 aliphatic rings. The minimum Gasteiger partial charge on any atom is -0.381 e. The molecule has 2 amide bonds. The van der Waals surface area contributed by atoms with E-state index in [1.165, 1.54) is 0 Å². The average Bonchev–Trinajstić information content (AvgIpc) is 3.14. The largest absolute Gasteiger partial charge is 0.381 e. The lowest BCUT2D eigenvalue weighted by atomic mass is 10.0. The van der Waals surface area contributed by atoms with E-state index < -0.39 is 0 Å². The Balaban J connectivity index is 1.46. The van der Waals surface area contributed by atoms with Crippen LogP contribution < -0.4 is 5.32 Å². The number of carbonyl (C=O) groups excluding carboxylic acids is 1. The van der Waals surface area contributed by atoms with Crippen molar-refractivity contribution in [2.24, 2.45) is 5.92 Å². The van der Waals surface area contributed by atoms with Gasteiger partial charge in [-0.3, -0.25) is 0 Å². The van der Waals surface area contributed by atoms with Crippen molar-refractivity contribution in [2.45, 2.75) is 44.6 Å². The number of carbonyl (C=O) groups is 1. The number of amides is 2. The number of piperidine rings is 1. The van der Waals surface area contributed by atoms with Crippen molar-refractivity contribution >= 4 is 6.03 Å². The summed E-state index contributed by atoms with van der Waals surface area (Å²) in [6.07, 6.45) is 5.69. The number of likely N-dealkylation sites (tertiary alicyclic amines) is 1.